The molecule has 0 heterocycles. The van der Waals surface area contributed by atoms with Crippen LogP contribution in [-0.4, -0.2) is 25.7 Å². The van der Waals surface area contributed by atoms with Crippen LogP contribution in [0.15, 0.2) is 29.3 Å². The lowest BCUT2D eigenvalue weighted by molar-refractivity contribution is 0.145. The summed E-state index contributed by atoms with van der Waals surface area (Å²) in [5.41, 5.74) is 6.82. The van der Waals surface area contributed by atoms with Crippen LogP contribution in [0.2, 0.25) is 5.02 Å². The molecule has 0 unspecified atom stereocenters. The predicted molar refractivity (Wildman–Crippen MR) is 75.9 cm³/mol. The molecule has 0 atom stereocenters. The Bertz CT molecular complexity index is 365. The van der Waals surface area contributed by atoms with E-state index < -0.39 is 0 Å². The number of halogens is 1. The van der Waals surface area contributed by atoms with Crippen LogP contribution in [0.3, 0.4) is 0 Å². The number of nitrogens with one attached hydrogen (secondary N) is 1. The molecular weight excluding hydrogens is 250 g/mol. The van der Waals surface area contributed by atoms with Crippen molar-refractivity contribution >= 4 is 17.6 Å². The fraction of sp³-hybridized carbons (Fsp3) is 0.462. The van der Waals surface area contributed by atoms with Crippen molar-refractivity contribution in [3.8, 4) is 0 Å². The second-order valence-corrected chi connectivity index (χ2v) is 4.24. The first kappa shape index (κ1) is 14.8. The molecule has 0 saturated carbocycles. The van der Waals surface area contributed by atoms with Crippen molar-refractivity contribution in [3.05, 3.63) is 34.9 Å². The summed E-state index contributed by atoms with van der Waals surface area (Å²) in [6.45, 7) is 4.81. The van der Waals surface area contributed by atoms with Crippen LogP contribution in [0.5, 0.6) is 0 Å². The Morgan fingerprint density at radius 3 is 2.78 bits per heavy atom. The van der Waals surface area contributed by atoms with Gasteiger partial charge in [-0.2, -0.15) is 0 Å². The number of guanidine groups is 1. The molecule has 0 fully saturated rings. The Hall–Kier alpha value is -1.26. The van der Waals surface area contributed by atoms with E-state index in [1.54, 1.807) is 0 Å². The highest BCUT2D eigenvalue weighted by Gasteiger charge is 1.94. The minimum atomic E-state index is 0.460. The van der Waals surface area contributed by atoms with Gasteiger partial charge in [-0.25, -0.2) is 4.99 Å². The van der Waals surface area contributed by atoms with Crippen molar-refractivity contribution in [2.75, 3.05) is 19.8 Å². The molecule has 0 aromatic heterocycles. The van der Waals surface area contributed by atoms with E-state index in [0.29, 0.717) is 12.5 Å². The summed E-state index contributed by atoms with van der Waals surface area (Å²) >= 11 is 5.80. The van der Waals surface area contributed by atoms with Crippen LogP contribution >= 0.6 is 11.6 Å². The van der Waals surface area contributed by atoms with Crippen LogP contribution in [0, 0.1) is 0 Å². The Morgan fingerprint density at radius 1 is 1.39 bits per heavy atom. The van der Waals surface area contributed by atoms with Gasteiger partial charge in [0.05, 0.1) is 6.54 Å². The molecule has 0 amide bonds. The van der Waals surface area contributed by atoms with E-state index >= 15 is 0 Å². The number of nitrogens with two attached hydrogens (primary N) is 1. The summed E-state index contributed by atoms with van der Waals surface area (Å²) < 4.78 is 5.22. The molecule has 0 bridgehead atoms. The molecular formula is C13H20ClN3O. The summed E-state index contributed by atoms with van der Waals surface area (Å²) in [6, 6.07) is 7.57. The van der Waals surface area contributed by atoms with Gasteiger partial charge >= 0.3 is 0 Å². The van der Waals surface area contributed by atoms with E-state index in [-0.39, 0.29) is 0 Å². The number of aliphatic imine (C=N–C) groups is 1. The van der Waals surface area contributed by atoms with Crippen molar-refractivity contribution in [1.82, 2.24) is 5.32 Å². The van der Waals surface area contributed by atoms with Gasteiger partial charge in [0.15, 0.2) is 5.96 Å². The first-order chi connectivity index (χ1) is 8.72. The quantitative estimate of drug-likeness (QED) is 0.453. The molecule has 0 aliphatic heterocycles. The van der Waals surface area contributed by atoms with Gasteiger partial charge in [-0.1, -0.05) is 23.7 Å². The third kappa shape index (κ3) is 6.47. The zero-order valence-corrected chi connectivity index (χ0v) is 11.4. The fourth-order valence-electron chi connectivity index (χ4n) is 1.36. The smallest absolute Gasteiger partial charge is 0.188 e. The molecule has 1 rings (SSSR count). The molecule has 0 radical (unpaired) electrons. The first-order valence-electron chi connectivity index (χ1n) is 6.08. The van der Waals surface area contributed by atoms with Gasteiger partial charge < -0.3 is 15.8 Å². The molecule has 0 aliphatic rings. The predicted octanol–water partition coefficient (Wildman–Crippen LogP) is 2.17. The van der Waals surface area contributed by atoms with Crippen LogP contribution in [0.25, 0.3) is 0 Å². The highest BCUT2D eigenvalue weighted by molar-refractivity contribution is 6.30. The van der Waals surface area contributed by atoms with Crippen LogP contribution in [-0.2, 0) is 11.3 Å². The van der Waals surface area contributed by atoms with Gasteiger partial charge in [0.2, 0.25) is 0 Å². The topological polar surface area (TPSA) is 59.6 Å². The Labute approximate surface area is 113 Å². The monoisotopic (exact) mass is 269 g/mol. The lowest BCUT2D eigenvalue weighted by atomic mass is 10.2. The Balaban J connectivity index is 2.22. The van der Waals surface area contributed by atoms with Crippen molar-refractivity contribution < 1.29 is 4.74 Å². The number of ether oxygens (including phenoxy) is 1. The van der Waals surface area contributed by atoms with Crippen molar-refractivity contribution in [2.24, 2.45) is 10.7 Å². The SMILES string of the molecule is CCOCCCNC(N)=NCc1ccc(Cl)cc1. The fourth-order valence-corrected chi connectivity index (χ4v) is 1.48. The lowest BCUT2D eigenvalue weighted by Crippen LogP contribution is -2.32. The van der Waals surface area contributed by atoms with E-state index in [1.807, 2.05) is 31.2 Å². The van der Waals surface area contributed by atoms with Crippen LogP contribution in [0.4, 0.5) is 0 Å². The average molecular weight is 270 g/mol. The summed E-state index contributed by atoms with van der Waals surface area (Å²) in [5, 5.41) is 3.77. The van der Waals surface area contributed by atoms with Gasteiger partial charge in [-0.15, -0.1) is 0 Å². The zero-order chi connectivity index (χ0) is 13.2. The van der Waals surface area contributed by atoms with Gasteiger partial charge in [-0.3, -0.25) is 0 Å². The minimum absolute atomic E-state index is 0.460. The maximum atomic E-state index is 5.80. The highest BCUT2D eigenvalue weighted by Crippen LogP contribution is 2.09. The summed E-state index contributed by atoms with van der Waals surface area (Å²) in [5.74, 6) is 0.460. The summed E-state index contributed by atoms with van der Waals surface area (Å²) in [6.07, 6.45) is 0.922. The largest absolute Gasteiger partial charge is 0.382 e. The van der Waals surface area contributed by atoms with Crippen LogP contribution < -0.4 is 11.1 Å². The van der Waals surface area contributed by atoms with Crippen molar-refractivity contribution in [2.45, 2.75) is 19.9 Å². The molecule has 3 N–H and O–H groups in total. The molecule has 0 spiro atoms. The normalized spacial score (nSPS) is 11.6. The maximum Gasteiger partial charge on any atom is 0.188 e. The number of nitrogens with zero attached hydrogens (tertiary/aromatic N) is 1. The molecule has 4 nitrogen and oxygen atoms in total. The minimum Gasteiger partial charge on any atom is -0.382 e. The second kappa shape index (κ2) is 8.78. The Kier molecular flexibility index (Phi) is 7.22. The molecule has 1 aromatic rings. The van der Waals surface area contributed by atoms with Crippen molar-refractivity contribution in [3.63, 3.8) is 0 Å². The maximum absolute atomic E-state index is 5.80. The van der Waals surface area contributed by atoms with Gasteiger partial charge in [0.1, 0.15) is 0 Å². The number of benzene rings is 1. The van der Waals surface area contributed by atoms with Gasteiger partial charge in [-0.05, 0) is 31.0 Å². The molecule has 18 heavy (non-hydrogen) atoms. The van der Waals surface area contributed by atoms with E-state index in [1.165, 1.54) is 0 Å². The highest BCUT2D eigenvalue weighted by atomic mass is 35.5. The summed E-state index contributed by atoms with van der Waals surface area (Å²) in [4.78, 5) is 4.24. The molecule has 0 aliphatic carbocycles. The molecule has 100 valence electrons. The number of rotatable bonds is 7. The second-order valence-electron chi connectivity index (χ2n) is 3.81. The first-order valence-corrected chi connectivity index (χ1v) is 6.46. The third-order valence-electron chi connectivity index (χ3n) is 2.32. The summed E-state index contributed by atoms with van der Waals surface area (Å²) in [7, 11) is 0. The van der Waals surface area contributed by atoms with Crippen LogP contribution in [0.1, 0.15) is 18.9 Å². The Morgan fingerprint density at radius 2 is 2.11 bits per heavy atom. The number of hydrogen-bond donors (Lipinski definition) is 2. The van der Waals surface area contributed by atoms with Crippen molar-refractivity contribution in [1.29, 1.82) is 0 Å². The molecule has 1 aromatic carbocycles. The van der Waals surface area contributed by atoms with E-state index in [9.17, 15) is 0 Å². The lowest BCUT2D eigenvalue weighted by Gasteiger charge is -2.05. The molecule has 0 saturated heterocycles. The third-order valence-corrected chi connectivity index (χ3v) is 2.57. The van der Waals surface area contributed by atoms with Gasteiger partial charge in [0, 0.05) is 24.8 Å². The zero-order valence-electron chi connectivity index (χ0n) is 10.7. The van der Waals surface area contributed by atoms with E-state index in [2.05, 4.69) is 10.3 Å². The van der Waals surface area contributed by atoms with E-state index in [4.69, 9.17) is 22.1 Å². The van der Waals surface area contributed by atoms with E-state index in [0.717, 1.165) is 36.8 Å². The molecule has 5 heteroatoms. The average Bonchev–Trinajstić information content (AvgIpc) is 2.38. The number of hydrogen-bond acceptors (Lipinski definition) is 2. The standard InChI is InChI=1S/C13H20ClN3O/c1-2-18-9-3-8-16-13(15)17-10-11-4-6-12(14)7-5-11/h4-7H,2-3,8-10H2,1H3,(H3,15,16,17). The van der Waals surface area contributed by atoms with Gasteiger partial charge in [0.25, 0.3) is 0 Å².